The number of carbonyl (C=O) groups excluding carboxylic acids is 1. The quantitative estimate of drug-likeness (QED) is 0.833. The molecule has 5 nitrogen and oxygen atoms in total. The summed E-state index contributed by atoms with van der Waals surface area (Å²) in [5, 5.41) is 0.636. The summed E-state index contributed by atoms with van der Waals surface area (Å²) in [5.74, 6) is 0.886. The first kappa shape index (κ1) is 18.1. The van der Waals surface area contributed by atoms with Crippen LogP contribution in [0.15, 0.2) is 4.79 Å². The Morgan fingerprint density at radius 3 is 2.68 bits per heavy atom. The van der Waals surface area contributed by atoms with Gasteiger partial charge in [-0.25, -0.2) is 4.98 Å². The monoisotopic (exact) mass is 361 g/mol. The minimum Gasteiger partial charge on any atom is -0.338 e. The van der Waals surface area contributed by atoms with Gasteiger partial charge in [-0.05, 0) is 38.2 Å². The molecule has 0 saturated carbocycles. The highest BCUT2D eigenvalue weighted by Gasteiger charge is 2.26. The van der Waals surface area contributed by atoms with Gasteiger partial charge in [0.25, 0.3) is 11.5 Å². The Labute approximate surface area is 152 Å². The van der Waals surface area contributed by atoms with Gasteiger partial charge in [0, 0.05) is 26.1 Å². The normalized spacial score (nSPS) is 14.6. The number of thiophene rings is 1. The van der Waals surface area contributed by atoms with Crippen molar-refractivity contribution in [1.82, 2.24) is 14.5 Å². The number of aromatic nitrogens is 2. The molecule has 0 fully saturated rings. The molecule has 0 spiro atoms. The van der Waals surface area contributed by atoms with Gasteiger partial charge in [-0.2, -0.15) is 0 Å². The van der Waals surface area contributed by atoms with Crippen LogP contribution in [0.25, 0.3) is 10.2 Å². The molecular formula is C19H27N3O2S. The van der Waals surface area contributed by atoms with Crippen molar-refractivity contribution in [1.29, 1.82) is 0 Å². The first-order valence-corrected chi connectivity index (χ1v) is 10.1. The Kier molecular flexibility index (Phi) is 5.27. The molecule has 0 saturated heterocycles. The van der Waals surface area contributed by atoms with E-state index in [0.717, 1.165) is 61.3 Å². The molecule has 0 N–H and O–H groups in total. The van der Waals surface area contributed by atoms with Gasteiger partial charge in [0.15, 0.2) is 0 Å². The lowest BCUT2D eigenvalue weighted by atomic mass is 10.1. The van der Waals surface area contributed by atoms with Crippen LogP contribution >= 0.6 is 11.3 Å². The predicted molar refractivity (Wildman–Crippen MR) is 103 cm³/mol. The van der Waals surface area contributed by atoms with Crippen LogP contribution in [0.3, 0.4) is 0 Å². The molecular weight excluding hydrogens is 334 g/mol. The molecule has 25 heavy (non-hydrogen) atoms. The highest BCUT2D eigenvalue weighted by atomic mass is 32.1. The van der Waals surface area contributed by atoms with Crippen molar-refractivity contribution < 1.29 is 4.79 Å². The van der Waals surface area contributed by atoms with Crippen LogP contribution in [0.1, 0.15) is 67.0 Å². The highest BCUT2D eigenvalue weighted by molar-refractivity contribution is 7.20. The molecule has 2 aromatic heterocycles. The largest absolute Gasteiger partial charge is 0.338 e. The average molecular weight is 362 g/mol. The Balaban J connectivity index is 2.10. The van der Waals surface area contributed by atoms with E-state index in [4.69, 9.17) is 4.98 Å². The molecule has 0 unspecified atom stereocenters. The van der Waals surface area contributed by atoms with Crippen LogP contribution in [0.5, 0.6) is 0 Å². The van der Waals surface area contributed by atoms with Gasteiger partial charge in [-0.15, -0.1) is 11.3 Å². The van der Waals surface area contributed by atoms with Gasteiger partial charge < -0.3 is 4.90 Å². The molecule has 0 aliphatic carbocycles. The topological polar surface area (TPSA) is 55.2 Å². The van der Waals surface area contributed by atoms with Crippen LogP contribution < -0.4 is 5.56 Å². The molecule has 0 bridgehead atoms. The molecule has 0 radical (unpaired) electrons. The fourth-order valence-corrected chi connectivity index (χ4v) is 4.95. The Morgan fingerprint density at radius 2 is 2.00 bits per heavy atom. The second kappa shape index (κ2) is 7.28. The third-order valence-electron chi connectivity index (χ3n) is 5.42. The number of fused-ring (bicyclic) bond motifs is 2. The van der Waals surface area contributed by atoms with Crippen molar-refractivity contribution >= 4 is 27.5 Å². The van der Waals surface area contributed by atoms with E-state index >= 15 is 0 Å². The first-order valence-electron chi connectivity index (χ1n) is 9.29. The van der Waals surface area contributed by atoms with Crippen LogP contribution in [-0.2, 0) is 13.0 Å². The third-order valence-corrected chi connectivity index (χ3v) is 6.59. The molecule has 3 heterocycles. The van der Waals surface area contributed by atoms with E-state index < -0.39 is 0 Å². The summed E-state index contributed by atoms with van der Waals surface area (Å²) in [5.41, 5.74) is 0.819. The summed E-state index contributed by atoms with van der Waals surface area (Å²) in [4.78, 5) is 33.9. The number of aryl methyl sites for hydroxylation is 2. The van der Waals surface area contributed by atoms with Gasteiger partial charge in [-0.1, -0.05) is 20.3 Å². The predicted octanol–water partition coefficient (Wildman–Crippen LogP) is 3.75. The molecule has 0 atom stereocenters. The summed E-state index contributed by atoms with van der Waals surface area (Å²) in [7, 11) is 1.86. The second-order valence-corrected chi connectivity index (χ2v) is 7.92. The zero-order valence-electron chi connectivity index (χ0n) is 15.6. The second-order valence-electron chi connectivity index (χ2n) is 6.92. The summed E-state index contributed by atoms with van der Waals surface area (Å²) in [6, 6.07) is 0.225. The van der Waals surface area contributed by atoms with Crippen LogP contribution in [0.4, 0.5) is 0 Å². The maximum atomic E-state index is 13.0. The molecule has 1 amide bonds. The smallest absolute Gasteiger partial charge is 0.264 e. The third kappa shape index (κ3) is 3.12. The average Bonchev–Trinajstić information content (AvgIpc) is 2.78. The van der Waals surface area contributed by atoms with Crippen LogP contribution in [-0.4, -0.2) is 33.4 Å². The van der Waals surface area contributed by atoms with E-state index in [2.05, 4.69) is 13.8 Å². The Hall–Kier alpha value is -1.69. The molecule has 2 aromatic rings. The van der Waals surface area contributed by atoms with Gasteiger partial charge in [0.2, 0.25) is 0 Å². The van der Waals surface area contributed by atoms with Gasteiger partial charge >= 0.3 is 0 Å². The fourth-order valence-electron chi connectivity index (χ4n) is 3.78. The summed E-state index contributed by atoms with van der Waals surface area (Å²) >= 11 is 1.38. The Morgan fingerprint density at radius 1 is 1.28 bits per heavy atom. The number of rotatable bonds is 4. The zero-order chi connectivity index (χ0) is 18.1. The SMILES string of the molecule is CCC(CC)N(C)C(=O)c1sc2nc3n(c(=O)c2c1C)CCCCC3. The lowest BCUT2D eigenvalue weighted by Gasteiger charge is -2.26. The van der Waals surface area contributed by atoms with Crippen molar-refractivity contribution in [2.75, 3.05) is 7.05 Å². The minimum absolute atomic E-state index is 0.00814. The van der Waals surface area contributed by atoms with Gasteiger partial charge in [-0.3, -0.25) is 14.2 Å². The number of hydrogen-bond acceptors (Lipinski definition) is 4. The summed E-state index contributed by atoms with van der Waals surface area (Å²) in [6.45, 7) is 6.82. The lowest BCUT2D eigenvalue weighted by molar-refractivity contribution is 0.0728. The maximum Gasteiger partial charge on any atom is 0.264 e. The van der Waals surface area contributed by atoms with Crippen LogP contribution in [0.2, 0.25) is 0 Å². The van der Waals surface area contributed by atoms with E-state index in [1.54, 1.807) is 0 Å². The summed E-state index contributed by atoms with van der Waals surface area (Å²) in [6.07, 6.45) is 5.94. The standard InChI is InChI=1S/C19H27N3O2S/c1-5-13(6-2)21(4)19(24)16-12(3)15-17(25-16)20-14-10-8-7-9-11-22(14)18(15)23/h13H,5-11H2,1-4H3. The van der Waals surface area contributed by atoms with E-state index in [0.29, 0.717) is 10.3 Å². The zero-order valence-corrected chi connectivity index (χ0v) is 16.4. The molecule has 1 aliphatic heterocycles. The maximum absolute atomic E-state index is 13.0. The van der Waals surface area contributed by atoms with E-state index in [1.807, 2.05) is 23.4 Å². The number of carbonyl (C=O) groups is 1. The molecule has 1 aliphatic rings. The molecule has 6 heteroatoms. The van der Waals surface area contributed by atoms with Gasteiger partial charge in [0.05, 0.1) is 10.3 Å². The first-order chi connectivity index (χ1) is 12.0. The Bertz CT molecular complexity index is 848. The van der Waals surface area contributed by atoms with E-state index in [1.165, 1.54) is 11.3 Å². The fraction of sp³-hybridized carbons (Fsp3) is 0.632. The van der Waals surface area contributed by atoms with Crippen molar-refractivity contribution in [3.05, 3.63) is 26.6 Å². The number of amides is 1. The molecule has 136 valence electrons. The number of nitrogens with zero attached hydrogens (tertiary/aromatic N) is 3. The lowest BCUT2D eigenvalue weighted by Crippen LogP contribution is -2.36. The van der Waals surface area contributed by atoms with Crippen molar-refractivity contribution in [2.24, 2.45) is 0 Å². The minimum atomic E-state index is 0.00814. The number of hydrogen-bond donors (Lipinski definition) is 0. The van der Waals surface area contributed by atoms with E-state index in [9.17, 15) is 9.59 Å². The van der Waals surface area contributed by atoms with Crippen molar-refractivity contribution in [2.45, 2.75) is 71.9 Å². The highest BCUT2D eigenvalue weighted by Crippen LogP contribution is 2.30. The summed E-state index contributed by atoms with van der Waals surface area (Å²) < 4.78 is 1.83. The molecule has 0 aromatic carbocycles. The van der Waals surface area contributed by atoms with Crippen molar-refractivity contribution in [3.63, 3.8) is 0 Å². The van der Waals surface area contributed by atoms with E-state index in [-0.39, 0.29) is 17.5 Å². The molecule has 3 rings (SSSR count). The van der Waals surface area contributed by atoms with Gasteiger partial charge in [0.1, 0.15) is 10.7 Å². The van der Waals surface area contributed by atoms with Crippen molar-refractivity contribution in [3.8, 4) is 0 Å². The van der Waals surface area contributed by atoms with Crippen LogP contribution in [0, 0.1) is 6.92 Å².